The van der Waals surface area contributed by atoms with E-state index in [4.69, 9.17) is 35.0 Å². The molecule has 0 bridgehead atoms. The molecule has 0 amide bonds. The average Bonchev–Trinajstić information content (AvgIpc) is 1.12. The van der Waals surface area contributed by atoms with E-state index in [1.165, 1.54) is 0 Å². The van der Waals surface area contributed by atoms with Gasteiger partial charge in [0.15, 0.2) is 0 Å². The van der Waals surface area contributed by atoms with Gasteiger partial charge in [-0.2, -0.15) is 0 Å². The SMILES string of the molecule is O=S(=O)([O-])O.O=S(=O)([O-])[O-].[La+3]. The molecule has 0 unspecified atom stereocenters. The standard InChI is InChI=1S/La.2H2O4S/c;2*1-5(2,3)4/h;2*(H2,1,2,3,4)/q+3;;/p-3. The van der Waals surface area contributed by atoms with Crippen LogP contribution in [-0.2, 0) is 20.8 Å². The van der Waals surface area contributed by atoms with Crippen molar-refractivity contribution in [2.75, 3.05) is 0 Å². The van der Waals surface area contributed by atoms with Gasteiger partial charge >= 0.3 is 35.6 Å². The topological polar surface area (TPSA) is 158 Å². The smallest absolute Gasteiger partial charge is 0.759 e. The third-order valence-corrected chi connectivity index (χ3v) is 0. The summed E-state index contributed by atoms with van der Waals surface area (Å²) in [5.41, 5.74) is 0. The van der Waals surface area contributed by atoms with E-state index in [1.54, 1.807) is 0 Å². The van der Waals surface area contributed by atoms with Gasteiger partial charge in [0.25, 0.3) is 0 Å². The van der Waals surface area contributed by atoms with E-state index < -0.39 is 20.8 Å². The second-order valence-corrected chi connectivity index (χ2v) is 2.51. The number of rotatable bonds is 0. The third kappa shape index (κ3) is 999. The quantitative estimate of drug-likeness (QED) is 0.382. The first-order chi connectivity index (χ1) is 4.00. The second-order valence-electron chi connectivity index (χ2n) is 0.836. The minimum atomic E-state index is -5.17. The van der Waals surface area contributed by atoms with Crippen LogP contribution >= 0.6 is 0 Å². The first-order valence-electron chi connectivity index (χ1n) is 1.35. The maximum Gasteiger partial charge on any atom is 3.00 e. The molecule has 0 aromatic heterocycles. The van der Waals surface area contributed by atoms with Crippen LogP contribution in [0.15, 0.2) is 0 Å². The van der Waals surface area contributed by atoms with E-state index >= 15 is 0 Å². The van der Waals surface area contributed by atoms with Crippen LogP contribution in [0.3, 0.4) is 0 Å². The zero-order valence-electron chi connectivity index (χ0n) is 4.70. The Morgan fingerprint density at radius 3 is 0.909 bits per heavy atom. The monoisotopic (exact) mass is 332 g/mol. The fourth-order valence-electron chi connectivity index (χ4n) is 0. The Bertz CT molecular complexity index is 208. The van der Waals surface area contributed by atoms with Gasteiger partial charge in [-0.1, -0.05) is 0 Å². The zero-order valence-corrected chi connectivity index (χ0v) is 9.96. The molecule has 0 spiro atoms. The second kappa shape index (κ2) is 6.45. The van der Waals surface area contributed by atoms with Crippen molar-refractivity contribution in [1.29, 1.82) is 0 Å². The summed E-state index contributed by atoms with van der Waals surface area (Å²) < 4.78 is 66.9. The van der Waals surface area contributed by atoms with Gasteiger partial charge in [-0.25, -0.2) is 8.42 Å². The van der Waals surface area contributed by atoms with Crippen LogP contribution < -0.4 is 0 Å². The summed E-state index contributed by atoms with van der Waals surface area (Å²) in [5, 5.41) is 0. The minimum Gasteiger partial charge on any atom is -0.759 e. The summed E-state index contributed by atoms with van der Waals surface area (Å²) in [6.45, 7) is 0. The van der Waals surface area contributed by atoms with Crippen molar-refractivity contribution in [3.05, 3.63) is 0 Å². The van der Waals surface area contributed by atoms with Crippen LogP contribution in [0.5, 0.6) is 0 Å². The Labute approximate surface area is 90.7 Å². The van der Waals surface area contributed by atoms with Crippen molar-refractivity contribution >= 4 is 20.8 Å². The van der Waals surface area contributed by atoms with E-state index in [-0.39, 0.29) is 35.6 Å². The van der Waals surface area contributed by atoms with E-state index in [9.17, 15) is 0 Å². The molecule has 0 rings (SSSR count). The maximum absolute atomic E-state index is 8.63. The van der Waals surface area contributed by atoms with Crippen molar-refractivity contribution in [3.8, 4) is 0 Å². The van der Waals surface area contributed by atoms with Gasteiger partial charge in [0.05, 0.1) is 0 Å². The third-order valence-electron chi connectivity index (χ3n) is 0. The van der Waals surface area contributed by atoms with E-state index in [2.05, 4.69) is 0 Å². The van der Waals surface area contributed by atoms with Crippen molar-refractivity contribution in [2.24, 2.45) is 0 Å². The molecule has 0 saturated carbocycles. The molecule has 0 aromatic rings. The molecule has 8 nitrogen and oxygen atoms in total. The molecule has 0 aromatic carbocycles. The molecular formula is HLaO8S2. The van der Waals surface area contributed by atoms with Gasteiger partial charge in [-0.3, -0.25) is 13.0 Å². The molecule has 0 saturated heterocycles. The summed E-state index contributed by atoms with van der Waals surface area (Å²) in [7, 11) is -10.1. The van der Waals surface area contributed by atoms with Crippen molar-refractivity contribution in [1.82, 2.24) is 0 Å². The molecule has 11 heteroatoms. The Morgan fingerprint density at radius 2 is 0.909 bits per heavy atom. The van der Waals surface area contributed by atoms with Gasteiger partial charge in [-0.15, -0.1) is 0 Å². The van der Waals surface area contributed by atoms with Gasteiger partial charge in [0.2, 0.25) is 10.4 Å². The first-order valence-corrected chi connectivity index (χ1v) is 4.05. The Balaban J connectivity index is -0.000000107. The van der Waals surface area contributed by atoms with Crippen LogP contribution in [0.25, 0.3) is 0 Å². The van der Waals surface area contributed by atoms with E-state index in [0.29, 0.717) is 0 Å². The molecule has 0 fully saturated rings. The normalized spacial score (nSPS) is 10.5. The molecule has 0 atom stereocenters. The minimum absolute atomic E-state index is 0. The molecule has 0 heterocycles. The summed E-state index contributed by atoms with van der Waals surface area (Å²) in [6, 6.07) is 0. The van der Waals surface area contributed by atoms with Crippen molar-refractivity contribution in [3.63, 3.8) is 0 Å². The van der Waals surface area contributed by atoms with Gasteiger partial charge in [0, 0.05) is 10.4 Å². The first kappa shape index (κ1) is 17.9. The zero-order chi connectivity index (χ0) is 9.00. The number of hydrogen-bond acceptors (Lipinski definition) is 7. The number of hydrogen-bond donors (Lipinski definition) is 1. The Hall–Kier alpha value is 0.935. The molecule has 0 aliphatic heterocycles. The van der Waals surface area contributed by atoms with Gasteiger partial charge in [0.1, 0.15) is 0 Å². The van der Waals surface area contributed by atoms with Crippen LogP contribution in [-0.4, -0.2) is 35.0 Å². The maximum atomic E-state index is 8.63. The summed E-state index contributed by atoms with van der Waals surface area (Å²) >= 11 is 0. The van der Waals surface area contributed by atoms with E-state index in [1.807, 2.05) is 0 Å². The predicted molar refractivity (Wildman–Crippen MR) is 22.8 cm³/mol. The fraction of sp³-hybridized carbons (Fsp3) is 0. The van der Waals surface area contributed by atoms with Gasteiger partial charge in [-0.05, 0) is 0 Å². The summed E-state index contributed by atoms with van der Waals surface area (Å²) in [5.74, 6) is 0. The molecule has 11 heavy (non-hydrogen) atoms. The Morgan fingerprint density at radius 1 is 0.909 bits per heavy atom. The molecular weight excluding hydrogens is 331 g/mol. The predicted octanol–water partition coefficient (Wildman–Crippen LogP) is -2.33. The molecule has 0 aliphatic carbocycles. The largest absolute Gasteiger partial charge is 3.00 e. The fourth-order valence-corrected chi connectivity index (χ4v) is 0. The average molecular weight is 332 g/mol. The van der Waals surface area contributed by atoms with Crippen molar-refractivity contribution in [2.45, 2.75) is 0 Å². The van der Waals surface area contributed by atoms with Crippen LogP contribution in [0, 0.1) is 35.6 Å². The molecule has 1 N–H and O–H groups in total. The van der Waals surface area contributed by atoms with Crippen LogP contribution in [0.1, 0.15) is 0 Å². The summed E-state index contributed by atoms with van der Waals surface area (Å²) in [4.78, 5) is 0. The Kier molecular flexibility index (Phi) is 10.5. The van der Waals surface area contributed by atoms with Crippen LogP contribution in [0.4, 0.5) is 0 Å². The van der Waals surface area contributed by atoms with E-state index in [0.717, 1.165) is 0 Å². The van der Waals surface area contributed by atoms with Crippen LogP contribution in [0.2, 0.25) is 0 Å². The molecule has 64 valence electrons. The van der Waals surface area contributed by atoms with Gasteiger partial charge < -0.3 is 13.7 Å². The molecule has 0 aliphatic rings. The van der Waals surface area contributed by atoms with Crippen molar-refractivity contribution < 1.29 is 70.6 Å². The molecule has 0 radical (unpaired) electrons. The summed E-state index contributed by atoms with van der Waals surface area (Å²) in [6.07, 6.45) is 0.